The molecule has 0 saturated heterocycles. The molecule has 1 heterocycles. The Balaban J connectivity index is 0. The summed E-state index contributed by atoms with van der Waals surface area (Å²) in [5.41, 5.74) is 12.4. The number of rotatable bonds is 16. The number of hydrogen-bond donors (Lipinski definition) is 0. The Kier molecular flexibility index (Phi) is 24.8. The van der Waals surface area contributed by atoms with Crippen LogP contribution in [0.25, 0.3) is 0 Å². The largest absolute Gasteiger partial charge is 3.00 e. The quantitative estimate of drug-likeness (QED) is 0.208. The van der Waals surface area contributed by atoms with Crippen molar-refractivity contribution in [3.63, 3.8) is 0 Å². The zero-order valence-corrected chi connectivity index (χ0v) is 30.8. The van der Waals surface area contributed by atoms with Crippen LogP contribution in [0.2, 0.25) is 0 Å². The van der Waals surface area contributed by atoms with E-state index in [1.54, 1.807) is 0 Å². The smallest absolute Gasteiger partial charge is 1.00 e. The van der Waals surface area contributed by atoms with E-state index in [-0.39, 0.29) is 54.0 Å². The number of aromatic nitrogens is 1. The van der Waals surface area contributed by atoms with Gasteiger partial charge in [0.05, 0.1) is 35.2 Å². The van der Waals surface area contributed by atoms with Gasteiger partial charge in [-0.3, -0.25) is 9.98 Å². The fourth-order valence-electron chi connectivity index (χ4n) is 5.58. The minimum absolute atomic E-state index is 0. The molecule has 1 aromatic heterocycles. The Bertz CT molecular complexity index is 1140. The van der Waals surface area contributed by atoms with Crippen LogP contribution in [0.4, 0.5) is 11.4 Å². The van der Waals surface area contributed by atoms with Crippen molar-refractivity contribution >= 4 is 23.8 Å². The number of halogens is 3. The van der Waals surface area contributed by atoms with Crippen LogP contribution in [-0.4, -0.2) is 17.4 Å². The van der Waals surface area contributed by atoms with Crippen molar-refractivity contribution in [2.45, 2.75) is 119 Å². The van der Waals surface area contributed by atoms with Gasteiger partial charge in [-0.15, -0.1) is 0 Å². The van der Waals surface area contributed by atoms with Crippen molar-refractivity contribution < 1.29 is 54.0 Å². The average Bonchev–Trinajstić information content (AvgIpc) is 2.93. The standard InChI is InChI=1S/C37H51N3.3ClH.Co/c1-7-14-28-22-30(16-9-3)36(31(23-28)17-10-4)38-26-34-20-13-21-35(40-34)27-39-37-32(18-11-5)24-29(15-8-2)25-33(37)19-12-6;;;;/h13,20-27H,7-12,14-19H2,1-6H3;3*1H;/q;;;;+3/p-3. The molecule has 44 heavy (non-hydrogen) atoms. The number of aliphatic imine (C=N–C) groups is 2. The Morgan fingerprint density at radius 2 is 0.795 bits per heavy atom. The fraction of sp³-hybridized carbons (Fsp3) is 0.486. The van der Waals surface area contributed by atoms with Gasteiger partial charge in [-0.25, -0.2) is 4.98 Å². The van der Waals surface area contributed by atoms with E-state index in [1.807, 2.05) is 24.6 Å². The van der Waals surface area contributed by atoms with Gasteiger partial charge in [-0.05, 0) is 84.0 Å². The Morgan fingerprint density at radius 1 is 0.500 bits per heavy atom. The summed E-state index contributed by atoms with van der Waals surface area (Å²) in [6.45, 7) is 13.5. The maximum atomic E-state index is 5.05. The topological polar surface area (TPSA) is 37.6 Å². The summed E-state index contributed by atoms with van der Waals surface area (Å²) in [5, 5.41) is 0. The van der Waals surface area contributed by atoms with E-state index in [9.17, 15) is 0 Å². The van der Waals surface area contributed by atoms with Crippen LogP contribution in [0.3, 0.4) is 0 Å². The number of aryl methyl sites for hydroxylation is 6. The third kappa shape index (κ3) is 13.3. The first-order valence-electron chi connectivity index (χ1n) is 15.9. The van der Waals surface area contributed by atoms with Crippen molar-refractivity contribution in [2.24, 2.45) is 9.98 Å². The van der Waals surface area contributed by atoms with Crippen molar-refractivity contribution in [1.82, 2.24) is 4.98 Å². The summed E-state index contributed by atoms with van der Waals surface area (Å²) >= 11 is 0. The fourth-order valence-corrected chi connectivity index (χ4v) is 5.58. The van der Waals surface area contributed by atoms with Gasteiger partial charge in [0.15, 0.2) is 0 Å². The zero-order valence-electron chi connectivity index (χ0n) is 27.5. The second kappa shape index (κ2) is 24.5. The van der Waals surface area contributed by atoms with Gasteiger partial charge in [0, 0.05) is 0 Å². The van der Waals surface area contributed by atoms with Gasteiger partial charge in [0.25, 0.3) is 0 Å². The molecule has 0 bridgehead atoms. The molecule has 0 atom stereocenters. The van der Waals surface area contributed by atoms with Crippen molar-refractivity contribution in [3.8, 4) is 0 Å². The molecule has 0 aliphatic rings. The summed E-state index contributed by atoms with van der Waals surface area (Å²) in [7, 11) is 0. The van der Waals surface area contributed by atoms with Gasteiger partial charge in [-0.2, -0.15) is 0 Å². The minimum atomic E-state index is 0. The third-order valence-corrected chi connectivity index (χ3v) is 7.25. The van der Waals surface area contributed by atoms with Crippen LogP contribution < -0.4 is 37.2 Å². The van der Waals surface area contributed by atoms with Gasteiger partial charge in [0.1, 0.15) is 0 Å². The first-order valence-corrected chi connectivity index (χ1v) is 15.9. The Hall–Kier alpha value is -1.69. The molecule has 2 aromatic carbocycles. The molecule has 3 rings (SSSR count). The van der Waals surface area contributed by atoms with Crippen LogP contribution in [0.5, 0.6) is 0 Å². The van der Waals surface area contributed by atoms with Crippen LogP contribution in [0, 0.1) is 0 Å². The second-order valence-corrected chi connectivity index (χ2v) is 11.0. The van der Waals surface area contributed by atoms with Crippen molar-refractivity contribution in [2.75, 3.05) is 0 Å². The molecular formula is C37H51Cl3CoN3. The summed E-state index contributed by atoms with van der Waals surface area (Å²) < 4.78 is 0. The third-order valence-electron chi connectivity index (χ3n) is 7.25. The van der Waals surface area contributed by atoms with Gasteiger partial charge >= 0.3 is 16.8 Å². The number of hydrogen-bond acceptors (Lipinski definition) is 3. The van der Waals surface area contributed by atoms with E-state index in [1.165, 1.54) is 46.2 Å². The van der Waals surface area contributed by atoms with Crippen LogP contribution in [-0.2, 0) is 55.3 Å². The van der Waals surface area contributed by atoms with E-state index in [2.05, 4.69) is 71.9 Å². The average molecular weight is 703 g/mol. The van der Waals surface area contributed by atoms with Crippen LogP contribution in [0.1, 0.15) is 125 Å². The molecule has 0 radical (unpaired) electrons. The van der Waals surface area contributed by atoms with Gasteiger partial charge in [0.2, 0.25) is 0 Å². The monoisotopic (exact) mass is 701 g/mol. The molecule has 3 aromatic rings. The number of nitrogens with zero attached hydrogens (tertiary/aromatic N) is 3. The second-order valence-electron chi connectivity index (χ2n) is 11.0. The van der Waals surface area contributed by atoms with Crippen LogP contribution >= 0.6 is 0 Å². The molecule has 0 amide bonds. The molecule has 0 aliphatic heterocycles. The molecule has 0 saturated carbocycles. The molecular weight excluding hydrogens is 652 g/mol. The van der Waals surface area contributed by atoms with Gasteiger partial charge < -0.3 is 37.2 Å². The molecule has 7 heteroatoms. The van der Waals surface area contributed by atoms with E-state index in [0.717, 1.165) is 87.0 Å². The molecule has 0 unspecified atom stereocenters. The Labute approximate surface area is 297 Å². The van der Waals surface area contributed by atoms with E-state index in [0.29, 0.717) is 0 Å². The maximum absolute atomic E-state index is 5.05. The van der Waals surface area contributed by atoms with E-state index >= 15 is 0 Å². The first-order chi connectivity index (χ1) is 19.6. The molecule has 0 N–H and O–H groups in total. The summed E-state index contributed by atoms with van der Waals surface area (Å²) in [6.07, 6.45) is 17.2. The molecule has 0 spiro atoms. The van der Waals surface area contributed by atoms with Crippen molar-refractivity contribution in [3.05, 3.63) is 87.2 Å². The number of pyridine rings is 1. The molecule has 3 nitrogen and oxygen atoms in total. The van der Waals surface area contributed by atoms with Crippen molar-refractivity contribution in [1.29, 1.82) is 0 Å². The first kappa shape index (κ1) is 44.4. The normalized spacial score (nSPS) is 10.7. The molecule has 0 fully saturated rings. The Morgan fingerprint density at radius 3 is 1.07 bits per heavy atom. The van der Waals surface area contributed by atoms with Gasteiger partial charge in [-0.1, -0.05) is 110 Å². The SMILES string of the molecule is CCCc1cc(CCC)c(N=Cc2cccc(C=Nc3c(CCC)cc(CCC)cc3CCC)n2)c(CCC)c1.[Cl-].[Cl-].[Cl-].[Co+3]. The summed E-state index contributed by atoms with van der Waals surface area (Å²) in [4.78, 5) is 15.0. The molecule has 0 aliphatic carbocycles. The minimum Gasteiger partial charge on any atom is -1.00 e. The summed E-state index contributed by atoms with van der Waals surface area (Å²) in [6, 6.07) is 15.6. The maximum Gasteiger partial charge on any atom is 3.00 e. The molecule has 244 valence electrons. The predicted molar refractivity (Wildman–Crippen MR) is 176 cm³/mol. The zero-order chi connectivity index (χ0) is 28.7. The summed E-state index contributed by atoms with van der Waals surface area (Å²) in [5.74, 6) is 0. The van der Waals surface area contributed by atoms with E-state index < -0.39 is 0 Å². The van der Waals surface area contributed by atoms with Crippen LogP contribution in [0.15, 0.2) is 52.4 Å². The predicted octanol–water partition coefficient (Wildman–Crippen LogP) is 1.31. The van der Waals surface area contributed by atoms with E-state index in [4.69, 9.17) is 15.0 Å². The number of benzene rings is 2.